The molecule has 24 heavy (non-hydrogen) atoms. The molecule has 0 atom stereocenters. The number of H-pyrrole nitrogens is 1. The van der Waals surface area contributed by atoms with E-state index < -0.39 is 0 Å². The lowest BCUT2D eigenvalue weighted by atomic mass is 10.1. The number of nitrogens with one attached hydrogen (secondary N) is 1. The molecule has 118 valence electrons. The average Bonchev–Trinajstić information content (AvgIpc) is 3.24. The quantitative estimate of drug-likeness (QED) is 0.619. The monoisotopic (exact) mass is 336 g/mol. The van der Waals surface area contributed by atoms with Crippen molar-refractivity contribution < 1.29 is 0 Å². The predicted molar refractivity (Wildman–Crippen MR) is 91.9 cm³/mol. The second-order valence-electron chi connectivity index (χ2n) is 5.39. The van der Waals surface area contributed by atoms with E-state index in [1.54, 1.807) is 10.9 Å². The molecule has 0 saturated heterocycles. The fourth-order valence-electron chi connectivity index (χ4n) is 2.54. The van der Waals surface area contributed by atoms with Gasteiger partial charge in [0.05, 0.1) is 23.1 Å². The van der Waals surface area contributed by atoms with E-state index in [9.17, 15) is 0 Å². The molecule has 2 heterocycles. The molecule has 0 unspecified atom stereocenters. The van der Waals surface area contributed by atoms with Crippen molar-refractivity contribution >= 4 is 11.6 Å². The third-order valence-electron chi connectivity index (χ3n) is 3.77. The summed E-state index contributed by atoms with van der Waals surface area (Å²) >= 11 is 6.32. The van der Waals surface area contributed by atoms with Crippen LogP contribution in [-0.2, 0) is 0 Å². The Morgan fingerprint density at radius 1 is 1.00 bits per heavy atom. The van der Waals surface area contributed by atoms with Crippen LogP contribution in [0.3, 0.4) is 0 Å². The number of hydrogen-bond acceptors (Lipinski definition) is 4. The van der Waals surface area contributed by atoms with Gasteiger partial charge in [0.25, 0.3) is 0 Å². The molecule has 0 radical (unpaired) electrons. The summed E-state index contributed by atoms with van der Waals surface area (Å²) in [5.74, 6) is 0.600. The maximum atomic E-state index is 6.32. The van der Waals surface area contributed by atoms with Gasteiger partial charge in [-0.15, -0.1) is 5.10 Å². The Balaban J connectivity index is 1.85. The molecule has 0 fully saturated rings. The van der Waals surface area contributed by atoms with Crippen LogP contribution < -0.4 is 0 Å². The Morgan fingerprint density at radius 2 is 1.79 bits per heavy atom. The second-order valence-corrected chi connectivity index (χ2v) is 5.80. The molecular weight excluding hydrogens is 324 g/mol. The average molecular weight is 337 g/mol. The highest BCUT2D eigenvalue weighted by molar-refractivity contribution is 6.33. The molecular formula is C17H13ClN6. The Bertz CT molecular complexity index is 986. The third-order valence-corrected chi connectivity index (χ3v) is 4.10. The van der Waals surface area contributed by atoms with Crippen molar-refractivity contribution in [2.24, 2.45) is 0 Å². The van der Waals surface area contributed by atoms with E-state index in [0.717, 1.165) is 22.5 Å². The summed E-state index contributed by atoms with van der Waals surface area (Å²) in [6, 6.07) is 15.6. The number of nitrogens with zero attached hydrogens (tertiary/aromatic N) is 5. The molecule has 0 aliphatic carbocycles. The fourth-order valence-corrected chi connectivity index (χ4v) is 2.77. The van der Waals surface area contributed by atoms with Crippen LogP contribution in [0, 0.1) is 6.92 Å². The zero-order valence-electron chi connectivity index (χ0n) is 12.8. The number of hydrogen-bond donors (Lipinski definition) is 1. The highest BCUT2D eigenvalue weighted by Crippen LogP contribution is 2.33. The van der Waals surface area contributed by atoms with E-state index >= 15 is 0 Å². The highest BCUT2D eigenvalue weighted by Gasteiger charge is 2.18. The van der Waals surface area contributed by atoms with Gasteiger partial charge in [-0.25, -0.2) is 0 Å². The van der Waals surface area contributed by atoms with E-state index in [-0.39, 0.29) is 0 Å². The first-order valence-corrected chi connectivity index (χ1v) is 7.76. The molecule has 0 saturated carbocycles. The molecule has 0 bridgehead atoms. The number of benzene rings is 2. The molecule has 4 rings (SSSR count). The zero-order chi connectivity index (χ0) is 16.5. The molecule has 4 aromatic rings. The minimum Gasteiger partial charge on any atom is -0.277 e. The highest BCUT2D eigenvalue weighted by atomic mass is 35.5. The standard InChI is InChI=1S/C17H13ClN6/c1-11-6-8-12(9-7-11)24-17(21-22-23-24)14-10-19-20-16(14)13-4-2-3-5-15(13)18/h2-10H,1H3,(H,19,20). The van der Waals surface area contributed by atoms with Crippen molar-refractivity contribution in [2.75, 3.05) is 0 Å². The molecule has 7 heteroatoms. The maximum Gasteiger partial charge on any atom is 0.190 e. The predicted octanol–water partition coefficient (Wildman–Crippen LogP) is 3.68. The second kappa shape index (κ2) is 5.90. The van der Waals surface area contributed by atoms with Crippen molar-refractivity contribution in [1.82, 2.24) is 30.4 Å². The van der Waals surface area contributed by atoms with E-state index in [0.29, 0.717) is 10.8 Å². The van der Waals surface area contributed by atoms with Crippen LogP contribution >= 0.6 is 11.6 Å². The molecule has 6 nitrogen and oxygen atoms in total. The van der Waals surface area contributed by atoms with E-state index in [1.807, 2.05) is 55.5 Å². The molecule has 0 spiro atoms. The Morgan fingerprint density at radius 3 is 2.58 bits per heavy atom. The Labute approximate surface area is 143 Å². The van der Waals surface area contributed by atoms with E-state index in [2.05, 4.69) is 25.7 Å². The normalized spacial score (nSPS) is 10.9. The van der Waals surface area contributed by atoms with Crippen molar-refractivity contribution in [3.8, 4) is 28.3 Å². The fraction of sp³-hybridized carbons (Fsp3) is 0.0588. The van der Waals surface area contributed by atoms with Gasteiger partial charge in [0.2, 0.25) is 0 Å². The van der Waals surface area contributed by atoms with Gasteiger partial charge in [-0.1, -0.05) is 47.5 Å². The summed E-state index contributed by atoms with van der Waals surface area (Å²) in [4.78, 5) is 0. The number of aromatic nitrogens is 6. The van der Waals surface area contributed by atoms with Gasteiger partial charge in [-0.3, -0.25) is 5.10 Å². The van der Waals surface area contributed by atoms with Crippen molar-refractivity contribution in [2.45, 2.75) is 6.92 Å². The lowest BCUT2D eigenvalue weighted by Gasteiger charge is -2.07. The minimum absolute atomic E-state index is 0.600. The van der Waals surface area contributed by atoms with Gasteiger partial charge in [0.1, 0.15) is 0 Å². The molecule has 0 aliphatic rings. The number of tetrazole rings is 1. The van der Waals surface area contributed by atoms with Gasteiger partial charge in [-0.2, -0.15) is 9.78 Å². The number of rotatable bonds is 3. The van der Waals surface area contributed by atoms with Gasteiger partial charge >= 0.3 is 0 Å². The summed E-state index contributed by atoms with van der Waals surface area (Å²) in [5.41, 5.74) is 4.47. The van der Waals surface area contributed by atoms with Crippen LogP contribution in [0.1, 0.15) is 5.56 Å². The van der Waals surface area contributed by atoms with E-state index in [4.69, 9.17) is 11.6 Å². The first kappa shape index (κ1) is 14.6. The van der Waals surface area contributed by atoms with Crippen LogP contribution in [0.4, 0.5) is 0 Å². The Kier molecular flexibility index (Phi) is 3.59. The third kappa shape index (κ3) is 2.47. The summed E-state index contributed by atoms with van der Waals surface area (Å²) in [5, 5.41) is 19.9. The van der Waals surface area contributed by atoms with Gasteiger partial charge < -0.3 is 0 Å². The molecule has 2 aromatic heterocycles. The molecule has 2 aromatic carbocycles. The van der Waals surface area contributed by atoms with Crippen LogP contribution in [0.15, 0.2) is 54.7 Å². The van der Waals surface area contributed by atoms with Crippen LogP contribution in [0.5, 0.6) is 0 Å². The zero-order valence-corrected chi connectivity index (χ0v) is 13.6. The topological polar surface area (TPSA) is 72.3 Å². The molecule has 0 amide bonds. The largest absolute Gasteiger partial charge is 0.277 e. The summed E-state index contributed by atoms with van der Waals surface area (Å²) in [7, 11) is 0. The smallest absolute Gasteiger partial charge is 0.190 e. The summed E-state index contributed by atoms with van der Waals surface area (Å²) in [6.07, 6.45) is 1.70. The lowest BCUT2D eigenvalue weighted by molar-refractivity contribution is 0.791. The first-order valence-electron chi connectivity index (χ1n) is 7.38. The van der Waals surface area contributed by atoms with Crippen molar-refractivity contribution in [1.29, 1.82) is 0 Å². The number of aromatic amines is 1. The number of aryl methyl sites for hydroxylation is 1. The summed E-state index contributed by atoms with van der Waals surface area (Å²) < 4.78 is 1.69. The minimum atomic E-state index is 0.600. The van der Waals surface area contributed by atoms with Crippen molar-refractivity contribution in [3.05, 3.63) is 65.3 Å². The van der Waals surface area contributed by atoms with Crippen LogP contribution in [0.25, 0.3) is 28.3 Å². The van der Waals surface area contributed by atoms with E-state index in [1.165, 1.54) is 5.56 Å². The van der Waals surface area contributed by atoms with Crippen LogP contribution in [-0.4, -0.2) is 30.4 Å². The first-order chi connectivity index (χ1) is 11.7. The molecule has 0 aliphatic heterocycles. The van der Waals surface area contributed by atoms with Gasteiger partial charge in [0.15, 0.2) is 5.82 Å². The maximum absolute atomic E-state index is 6.32. The van der Waals surface area contributed by atoms with Gasteiger partial charge in [-0.05, 0) is 35.5 Å². The summed E-state index contributed by atoms with van der Waals surface area (Å²) in [6.45, 7) is 2.04. The van der Waals surface area contributed by atoms with Gasteiger partial charge in [0, 0.05) is 10.6 Å². The van der Waals surface area contributed by atoms with Crippen molar-refractivity contribution in [3.63, 3.8) is 0 Å². The van der Waals surface area contributed by atoms with Crippen LogP contribution in [0.2, 0.25) is 5.02 Å². The molecule has 1 N–H and O–H groups in total. The lowest BCUT2D eigenvalue weighted by Crippen LogP contribution is -2.00. The number of halogens is 1. The Hall–Kier alpha value is -2.99. The SMILES string of the molecule is Cc1ccc(-n2nnnc2-c2cn[nH]c2-c2ccccc2Cl)cc1.